The molecule has 1 aromatic rings. The highest BCUT2D eigenvalue weighted by Gasteiger charge is 2.37. The van der Waals surface area contributed by atoms with Gasteiger partial charge in [-0.3, -0.25) is 0 Å². The second-order valence-corrected chi connectivity index (χ2v) is 5.27. The van der Waals surface area contributed by atoms with E-state index in [0.717, 1.165) is 0 Å². The Morgan fingerprint density at radius 3 is 2.78 bits per heavy atom. The fourth-order valence-electron chi connectivity index (χ4n) is 2.06. The lowest BCUT2D eigenvalue weighted by Crippen LogP contribution is -2.33. The summed E-state index contributed by atoms with van der Waals surface area (Å²) in [4.78, 5) is 15.7. The van der Waals surface area contributed by atoms with Crippen molar-refractivity contribution in [2.45, 2.75) is 32.2 Å². The number of carbonyl (C=O) groups excluding carboxylic acids is 1. The van der Waals surface area contributed by atoms with Crippen LogP contribution in [0.5, 0.6) is 0 Å². The van der Waals surface area contributed by atoms with Crippen molar-refractivity contribution in [1.29, 1.82) is 0 Å². The Morgan fingerprint density at radius 1 is 1.56 bits per heavy atom. The molecule has 1 aromatic heterocycles. The SMILES string of the molecule is COC(=O)c1cc(NC(C)(C)C2CC2)ncc1N. The molecular formula is C13H19N3O2. The highest BCUT2D eigenvalue weighted by Crippen LogP contribution is 2.40. The van der Waals surface area contributed by atoms with Crippen molar-refractivity contribution in [3.8, 4) is 0 Å². The average molecular weight is 249 g/mol. The van der Waals surface area contributed by atoms with E-state index in [0.29, 0.717) is 23.0 Å². The fraction of sp³-hybridized carbons (Fsp3) is 0.538. The first kappa shape index (κ1) is 12.7. The molecule has 0 saturated heterocycles. The molecule has 1 aliphatic carbocycles. The highest BCUT2D eigenvalue weighted by atomic mass is 16.5. The topological polar surface area (TPSA) is 77.2 Å². The van der Waals surface area contributed by atoms with Crippen LogP contribution in [0.25, 0.3) is 0 Å². The molecule has 0 amide bonds. The molecule has 0 radical (unpaired) electrons. The van der Waals surface area contributed by atoms with E-state index in [1.807, 2.05) is 0 Å². The first-order valence-corrected chi connectivity index (χ1v) is 6.06. The van der Waals surface area contributed by atoms with Crippen molar-refractivity contribution in [1.82, 2.24) is 4.98 Å². The summed E-state index contributed by atoms with van der Waals surface area (Å²) < 4.78 is 4.69. The van der Waals surface area contributed by atoms with Crippen LogP contribution in [0.4, 0.5) is 11.5 Å². The van der Waals surface area contributed by atoms with Crippen LogP contribution in [0.2, 0.25) is 0 Å². The van der Waals surface area contributed by atoms with Gasteiger partial charge in [-0.2, -0.15) is 0 Å². The minimum Gasteiger partial charge on any atom is -0.465 e. The second kappa shape index (κ2) is 4.48. The maximum absolute atomic E-state index is 11.5. The van der Waals surface area contributed by atoms with Gasteiger partial charge in [0.2, 0.25) is 0 Å². The van der Waals surface area contributed by atoms with Crippen molar-refractivity contribution in [2.24, 2.45) is 5.92 Å². The van der Waals surface area contributed by atoms with Crippen LogP contribution in [0.3, 0.4) is 0 Å². The van der Waals surface area contributed by atoms with Crippen LogP contribution in [-0.2, 0) is 4.74 Å². The number of carbonyl (C=O) groups is 1. The van der Waals surface area contributed by atoms with E-state index in [4.69, 9.17) is 5.73 Å². The summed E-state index contributed by atoms with van der Waals surface area (Å²) in [6.45, 7) is 4.28. The molecular weight excluding hydrogens is 230 g/mol. The molecule has 5 heteroatoms. The van der Waals surface area contributed by atoms with Gasteiger partial charge in [0.15, 0.2) is 0 Å². The molecule has 1 saturated carbocycles. The summed E-state index contributed by atoms with van der Waals surface area (Å²) in [7, 11) is 1.34. The standard InChI is InChI=1S/C13H19N3O2/c1-13(2,8-4-5-8)16-11-6-9(12(17)18-3)10(14)7-15-11/h6-8H,4-5,14H2,1-3H3,(H,15,16). The number of hydrogen-bond donors (Lipinski definition) is 2. The van der Waals surface area contributed by atoms with Gasteiger partial charge in [0.1, 0.15) is 5.82 Å². The molecule has 0 bridgehead atoms. The molecule has 18 heavy (non-hydrogen) atoms. The fourth-order valence-corrected chi connectivity index (χ4v) is 2.06. The highest BCUT2D eigenvalue weighted by molar-refractivity contribution is 5.95. The predicted molar refractivity (Wildman–Crippen MR) is 70.4 cm³/mol. The lowest BCUT2D eigenvalue weighted by Gasteiger charge is -2.27. The Hall–Kier alpha value is -1.78. The van der Waals surface area contributed by atoms with Crippen LogP contribution < -0.4 is 11.1 Å². The summed E-state index contributed by atoms with van der Waals surface area (Å²) in [5.74, 6) is 0.877. The minimum atomic E-state index is -0.442. The molecule has 0 aromatic carbocycles. The van der Waals surface area contributed by atoms with Crippen molar-refractivity contribution < 1.29 is 9.53 Å². The van der Waals surface area contributed by atoms with E-state index in [2.05, 4.69) is 28.9 Å². The van der Waals surface area contributed by atoms with Gasteiger partial charge in [0.25, 0.3) is 0 Å². The van der Waals surface area contributed by atoms with Crippen LogP contribution in [0.1, 0.15) is 37.0 Å². The first-order chi connectivity index (χ1) is 8.44. The number of anilines is 2. The molecule has 1 fully saturated rings. The van der Waals surface area contributed by atoms with Crippen LogP contribution in [-0.4, -0.2) is 23.6 Å². The molecule has 1 aliphatic rings. The number of methoxy groups -OCH3 is 1. The van der Waals surface area contributed by atoms with E-state index >= 15 is 0 Å². The third-order valence-corrected chi connectivity index (χ3v) is 3.39. The number of nitrogens with zero attached hydrogens (tertiary/aromatic N) is 1. The molecule has 0 aliphatic heterocycles. The minimum absolute atomic E-state index is 0.0174. The molecule has 0 unspecified atom stereocenters. The van der Waals surface area contributed by atoms with E-state index in [1.165, 1.54) is 26.1 Å². The molecule has 2 rings (SSSR count). The first-order valence-electron chi connectivity index (χ1n) is 6.06. The summed E-state index contributed by atoms with van der Waals surface area (Å²) in [5, 5.41) is 3.35. The van der Waals surface area contributed by atoms with Gasteiger partial charge in [-0.05, 0) is 38.7 Å². The molecule has 98 valence electrons. The van der Waals surface area contributed by atoms with Crippen molar-refractivity contribution in [3.63, 3.8) is 0 Å². The zero-order chi connectivity index (χ0) is 13.3. The molecule has 3 N–H and O–H groups in total. The van der Waals surface area contributed by atoms with Crippen molar-refractivity contribution in [2.75, 3.05) is 18.2 Å². The molecule has 0 atom stereocenters. The summed E-state index contributed by atoms with van der Waals surface area (Å²) in [5.41, 5.74) is 6.37. The Kier molecular flexibility index (Phi) is 3.15. The van der Waals surface area contributed by atoms with Crippen molar-refractivity contribution >= 4 is 17.5 Å². The Bertz CT molecular complexity index is 467. The summed E-state index contributed by atoms with van der Waals surface area (Å²) >= 11 is 0. The summed E-state index contributed by atoms with van der Waals surface area (Å²) in [6, 6.07) is 1.64. The Balaban J connectivity index is 2.21. The predicted octanol–water partition coefficient (Wildman–Crippen LogP) is 2.05. The average Bonchev–Trinajstić information content (AvgIpc) is 3.14. The Morgan fingerprint density at radius 2 is 2.22 bits per heavy atom. The van der Waals surface area contributed by atoms with Gasteiger partial charge in [-0.25, -0.2) is 9.78 Å². The number of nitrogens with one attached hydrogen (secondary N) is 1. The Labute approximate surface area is 107 Å². The van der Waals surface area contributed by atoms with Crippen LogP contribution in [0, 0.1) is 5.92 Å². The normalized spacial score (nSPS) is 15.3. The molecule has 1 heterocycles. The van der Waals surface area contributed by atoms with E-state index in [1.54, 1.807) is 6.07 Å². The maximum Gasteiger partial charge on any atom is 0.340 e. The monoisotopic (exact) mass is 249 g/mol. The zero-order valence-corrected chi connectivity index (χ0v) is 11.0. The number of esters is 1. The number of hydrogen-bond acceptors (Lipinski definition) is 5. The summed E-state index contributed by atoms with van der Waals surface area (Å²) in [6.07, 6.45) is 3.95. The number of nitrogens with two attached hydrogens (primary N) is 1. The third kappa shape index (κ3) is 2.55. The number of nitrogen functional groups attached to an aromatic ring is 1. The van der Waals surface area contributed by atoms with E-state index < -0.39 is 5.97 Å². The van der Waals surface area contributed by atoms with Gasteiger partial charge in [0, 0.05) is 5.54 Å². The van der Waals surface area contributed by atoms with Gasteiger partial charge in [-0.15, -0.1) is 0 Å². The van der Waals surface area contributed by atoms with Crippen LogP contribution >= 0.6 is 0 Å². The second-order valence-electron chi connectivity index (χ2n) is 5.27. The maximum atomic E-state index is 11.5. The van der Waals surface area contributed by atoms with Gasteiger partial charge in [-0.1, -0.05) is 0 Å². The number of aromatic nitrogens is 1. The largest absolute Gasteiger partial charge is 0.465 e. The molecule has 5 nitrogen and oxygen atoms in total. The van der Waals surface area contributed by atoms with Crippen molar-refractivity contribution in [3.05, 3.63) is 17.8 Å². The number of pyridine rings is 1. The third-order valence-electron chi connectivity index (χ3n) is 3.39. The number of rotatable bonds is 4. The van der Waals surface area contributed by atoms with Gasteiger partial charge < -0.3 is 15.8 Å². The lowest BCUT2D eigenvalue weighted by atomic mass is 9.99. The molecule has 0 spiro atoms. The van der Waals surface area contributed by atoms with E-state index in [-0.39, 0.29) is 5.54 Å². The quantitative estimate of drug-likeness (QED) is 0.798. The van der Waals surface area contributed by atoms with Crippen LogP contribution in [0.15, 0.2) is 12.3 Å². The van der Waals surface area contributed by atoms with Gasteiger partial charge >= 0.3 is 5.97 Å². The van der Waals surface area contributed by atoms with E-state index in [9.17, 15) is 4.79 Å². The smallest absolute Gasteiger partial charge is 0.340 e. The van der Waals surface area contributed by atoms with Gasteiger partial charge in [0.05, 0.1) is 24.6 Å². The zero-order valence-electron chi connectivity index (χ0n) is 11.0. The lowest BCUT2D eigenvalue weighted by molar-refractivity contribution is 0.0602. The number of ether oxygens (including phenoxy) is 1.